The summed E-state index contributed by atoms with van der Waals surface area (Å²) in [6.45, 7) is 1.68. The fourth-order valence-corrected chi connectivity index (χ4v) is 4.81. The molecule has 0 aromatic rings. The molecule has 0 aromatic heterocycles. The average molecular weight is 329 g/mol. The summed E-state index contributed by atoms with van der Waals surface area (Å²) in [4.78, 5) is 18.3. The van der Waals surface area contributed by atoms with Crippen LogP contribution in [0.1, 0.15) is 57.8 Å². The Labute approximate surface area is 122 Å². The van der Waals surface area contributed by atoms with Crippen molar-refractivity contribution in [2.24, 2.45) is 5.73 Å². The van der Waals surface area contributed by atoms with Gasteiger partial charge in [-0.1, -0.05) is 44.9 Å². The topological polar surface area (TPSA) is 110 Å². The Morgan fingerprint density at radius 1 is 0.850 bits per heavy atom. The zero-order chi connectivity index (χ0) is 15.5. The lowest BCUT2D eigenvalue weighted by Crippen LogP contribution is -1.97. The molecule has 2 atom stereocenters. The molecule has 122 valence electrons. The Balaban J connectivity index is 3.44. The van der Waals surface area contributed by atoms with Crippen molar-refractivity contribution in [3.63, 3.8) is 0 Å². The van der Waals surface area contributed by atoms with Crippen LogP contribution in [-0.4, -0.2) is 29.2 Å². The second kappa shape index (κ2) is 10.9. The van der Waals surface area contributed by atoms with Gasteiger partial charge in [0.05, 0.1) is 6.16 Å². The van der Waals surface area contributed by atoms with Gasteiger partial charge in [0.25, 0.3) is 0 Å². The second-order valence-corrected chi connectivity index (χ2v) is 9.20. The van der Waals surface area contributed by atoms with Gasteiger partial charge in [-0.15, -0.1) is 0 Å². The van der Waals surface area contributed by atoms with Crippen LogP contribution in [0.3, 0.4) is 0 Å². The van der Waals surface area contributed by atoms with Gasteiger partial charge in [-0.2, -0.15) is 0 Å². The van der Waals surface area contributed by atoms with Crippen LogP contribution in [0.5, 0.6) is 0 Å². The fourth-order valence-electron chi connectivity index (χ4n) is 1.97. The van der Waals surface area contributed by atoms with E-state index in [0.29, 0.717) is 6.42 Å². The van der Waals surface area contributed by atoms with Crippen molar-refractivity contribution >= 4 is 15.2 Å². The van der Waals surface area contributed by atoms with Gasteiger partial charge < -0.3 is 15.5 Å². The second-order valence-electron chi connectivity index (χ2n) is 5.22. The van der Waals surface area contributed by atoms with E-state index >= 15 is 0 Å². The Morgan fingerprint density at radius 2 is 1.25 bits per heavy atom. The summed E-state index contributed by atoms with van der Waals surface area (Å²) < 4.78 is 26.7. The van der Waals surface area contributed by atoms with Crippen LogP contribution in [0.4, 0.5) is 0 Å². The molecule has 0 bridgehead atoms. The van der Waals surface area contributed by atoms with Crippen LogP contribution in [-0.2, 0) is 13.4 Å². The minimum absolute atomic E-state index is 0.0537. The van der Waals surface area contributed by atoms with Crippen molar-refractivity contribution in [2.75, 3.05) is 19.4 Å². The maximum absolute atomic E-state index is 11.5. The van der Waals surface area contributed by atoms with E-state index in [2.05, 4.69) is 4.31 Å². The highest BCUT2D eigenvalue weighted by atomic mass is 31.3. The maximum atomic E-state index is 11.5. The van der Waals surface area contributed by atoms with E-state index in [9.17, 15) is 14.0 Å². The van der Waals surface area contributed by atoms with Crippen LogP contribution < -0.4 is 5.73 Å². The molecule has 4 N–H and O–H groups in total. The molecule has 8 heteroatoms. The van der Waals surface area contributed by atoms with Gasteiger partial charge in [-0.3, -0.25) is 9.13 Å². The molecule has 6 nitrogen and oxygen atoms in total. The Kier molecular flexibility index (Phi) is 11.1. The van der Waals surface area contributed by atoms with Gasteiger partial charge in [0.15, 0.2) is 0 Å². The summed E-state index contributed by atoms with van der Waals surface area (Å²) in [6, 6.07) is 0. The van der Waals surface area contributed by atoms with Crippen molar-refractivity contribution < 1.29 is 23.2 Å². The molecule has 0 heterocycles. The minimum Gasteiger partial charge on any atom is -0.330 e. The summed E-state index contributed by atoms with van der Waals surface area (Å²) in [6.07, 6.45) is 9.37. The number of nitrogens with two attached hydrogens (primary N) is 1. The van der Waals surface area contributed by atoms with E-state index in [1.165, 1.54) is 25.7 Å². The summed E-state index contributed by atoms with van der Waals surface area (Å²) in [7, 11) is -7.80. The molecule has 0 saturated heterocycles. The van der Waals surface area contributed by atoms with E-state index in [-0.39, 0.29) is 6.16 Å². The van der Waals surface area contributed by atoms with Crippen LogP contribution in [0, 0.1) is 0 Å². The molecule has 0 amide bonds. The minimum atomic E-state index is -3.91. The van der Waals surface area contributed by atoms with Crippen LogP contribution >= 0.6 is 15.2 Å². The molecule has 0 aliphatic heterocycles. The van der Waals surface area contributed by atoms with Crippen molar-refractivity contribution in [2.45, 2.75) is 57.8 Å². The molecular weight excluding hydrogens is 300 g/mol. The third-order valence-corrected chi connectivity index (χ3v) is 6.04. The van der Waals surface area contributed by atoms with Gasteiger partial charge in [-0.25, -0.2) is 4.31 Å². The highest BCUT2D eigenvalue weighted by molar-refractivity contribution is 7.65. The smallest absolute Gasteiger partial charge is 0.330 e. The molecule has 0 radical (unpaired) electrons. The van der Waals surface area contributed by atoms with E-state index in [0.717, 1.165) is 38.9 Å². The van der Waals surface area contributed by atoms with Crippen LogP contribution in [0.2, 0.25) is 0 Å². The standard InChI is InChI=1S/C12H29NO5P2/c1-19(14,15)18-20(16,17)12-10-8-6-4-2-3-5-7-9-11-13/h2-13H2,1H3,(H,14,15)(H,16,17). The van der Waals surface area contributed by atoms with E-state index < -0.39 is 15.2 Å². The van der Waals surface area contributed by atoms with Crippen molar-refractivity contribution in [3.05, 3.63) is 0 Å². The molecule has 20 heavy (non-hydrogen) atoms. The third-order valence-electron chi connectivity index (χ3n) is 2.92. The first-order valence-electron chi connectivity index (χ1n) is 7.30. The first kappa shape index (κ1) is 20.3. The van der Waals surface area contributed by atoms with Gasteiger partial charge in [0.1, 0.15) is 0 Å². The lowest BCUT2D eigenvalue weighted by atomic mass is 10.1. The van der Waals surface area contributed by atoms with Gasteiger partial charge in [0, 0.05) is 6.66 Å². The predicted octanol–water partition coefficient (Wildman–Crippen LogP) is 3.47. The maximum Gasteiger partial charge on any atom is 0.335 e. The molecule has 0 aliphatic carbocycles. The predicted molar refractivity (Wildman–Crippen MR) is 82.1 cm³/mol. The SMILES string of the molecule is CP(=O)(O)OP(=O)(O)CCCCCCCCCCCN. The first-order valence-corrected chi connectivity index (χ1v) is 11.1. The first-order chi connectivity index (χ1) is 9.27. The molecular formula is C12H29NO5P2. The molecule has 0 rings (SSSR count). The molecule has 0 aliphatic rings. The lowest BCUT2D eigenvalue weighted by molar-refractivity contribution is 0.335. The van der Waals surface area contributed by atoms with E-state index in [4.69, 9.17) is 10.6 Å². The summed E-state index contributed by atoms with van der Waals surface area (Å²) >= 11 is 0. The van der Waals surface area contributed by atoms with Crippen LogP contribution in [0.25, 0.3) is 0 Å². The van der Waals surface area contributed by atoms with E-state index in [1.807, 2.05) is 0 Å². The quantitative estimate of drug-likeness (QED) is 0.352. The largest absolute Gasteiger partial charge is 0.335 e. The highest BCUT2D eigenvalue weighted by Gasteiger charge is 2.27. The Hall–Kier alpha value is 0.300. The third kappa shape index (κ3) is 14.7. The fraction of sp³-hybridized carbons (Fsp3) is 1.00. The molecule has 0 aromatic carbocycles. The average Bonchev–Trinajstić information content (AvgIpc) is 2.28. The Morgan fingerprint density at radius 3 is 1.65 bits per heavy atom. The molecule has 0 fully saturated rings. The number of rotatable bonds is 13. The Bertz CT molecular complexity index is 332. The lowest BCUT2D eigenvalue weighted by Gasteiger charge is -2.13. The number of unbranched alkanes of at least 4 members (excludes halogenated alkanes) is 8. The van der Waals surface area contributed by atoms with Crippen LogP contribution in [0.15, 0.2) is 0 Å². The monoisotopic (exact) mass is 329 g/mol. The van der Waals surface area contributed by atoms with Crippen molar-refractivity contribution in [1.82, 2.24) is 0 Å². The molecule has 0 spiro atoms. The number of hydrogen-bond donors (Lipinski definition) is 3. The normalized spacial score (nSPS) is 17.6. The highest BCUT2D eigenvalue weighted by Crippen LogP contribution is 2.57. The van der Waals surface area contributed by atoms with E-state index in [1.54, 1.807) is 0 Å². The molecule has 0 saturated carbocycles. The molecule has 2 unspecified atom stereocenters. The van der Waals surface area contributed by atoms with Gasteiger partial charge in [0.2, 0.25) is 0 Å². The zero-order valence-electron chi connectivity index (χ0n) is 12.4. The van der Waals surface area contributed by atoms with Gasteiger partial charge in [-0.05, 0) is 19.4 Å². The van der Waals surface area contributed by atoms with Crippen molar-refractivity contribution in [1.29, 1.82) is 0 Å². The van der Waals surface area contributed by atoms with Crippen molar-refractivity contribution in [3.8, 4) is 0 Å². The summed E-state index contributed by atoms with van der Waals surface area (Å²) in [5.74, 6) is 0. The van der Waals surface area contributed by atoms with Gasteiger partial charge >= 0.3 is 15.2 Å². The summed E-state index contributed by atoms with van der Waals surface area (Å²) in [5, 5.41) is 0. The summed E-state index contributed by atoms with van der Waals surface area (Å²) in [5.41, 5.74) is 5.41. The zero-order valence-corrected chi connectivity index (χ0v) is 14.2. The number of hydrogen-bond acceptors (Lipinski definition) is 4.